The lowest BCUT2D eigenvalue weighted by Crippen LogP contribution is -2.39. The molecule has 1 saturated heterocycles. The van der Waals surface area contributed by atoms with Crippen molar-refractivity contribution >= 4 is 11.6 Å². The zero-order chi connectivity index (χ0) is 23.7. The van der Waals surface area contributed by atoms with Crippen molar-refractivity contribution < 1.29 is 9.13 Å². The highest BCUT2D eigenvalue weighted by Crippen LogP contribution is 2.31. The average molecular weight is 461 g/mol. The van der Waals surface area contributed by atoms with Gasteiger partial charge in [-0.05, 0) is 50.8 Å². The Labute approximate surface area is 198 Å². The highest BCUT2D eigenvalue weighted by atomic mass is 19.1. The van der Waals surface area contributed by atoms with E-state index >= 15 is 0 Å². The molecule has 7 nitrogen and oxygen atoms in total. The first-order chi connectivity index (χ1) is 16.5. The van der Waals surface area contributed by atoms with E-state index in [9.17, 15) is 4.39 Å². The summed E-state index contributed by atoms with van der Waals surface area (Å²) in [6, 6.07) is 13.4. The van der Waals surface area contributed by atoms with Crippen LogP contribution in [0, 0.1) is 26.6 Å². The van der Waals surface area contributed by atoms with Crippen molar-refractivity contribution in [3.05, 3.63) is 76.9 Å². The molecule has 0 amide bonds. The molecule has 34 heavy (non-hydrogen) atoms. The fraction of sp³-hybridized carbons (Fsp3) is 0.346. The highest BCUT2D eigenvalue weighted by Gasteiger charge is 2.21. The summed E-state index contributed by atoms with van der Waals surface area (Å²) >= 11 is 0. The van der Waals surface area contributed by atoms with Crippen molar-refractivity contribution in [2.75, 3.05) is 18.4 Å². The lowest BCUT2D eigenvalue weighted by molar-refractivity contribution is 0.209. The Morgan fingerprint density at radius 2 is 1.79 bits per heavy atom. The second-order valence-electron chi connectivity index (χ2n) is 9.07. The third-order valence-electron chi connectivity index (χ3n) is 6.32. The average Bonchev–Trinajstić information content (AvgIpc) is 3.28. The van der Waals surface area contributed by atoms with Crippen molar-refractivity contribution in [3.63, 3.8) is 0 Å². The Morgan fingerprint density at radius 3 is 2.53 bits per heavy atom. The fourth-order valence-corrected chi connectivity index (χ4v) is 4.68. The number of hydrogen-bond donors (Lipinski definition) is 1. The third kappa shape index (κ3) is 4.72. The summed E-state index contributed by atoms with van der Waals surface area (Å²) in [6.45, 7) is 8.59. The maximum absolute atomic E-state index is 14.0. The van der Waals surface area contributed by atoms with Crippen LogP contribution in [0.3, 0.4) is 0 Å². The molecule has 0 aliphatic carbocycles. The molecule has 2 aromatic heterocycles. The standard InChI is InChI=1S/C26H29FN6O/c1-17-12-18(2)25(19(3)13-17)34-24-14-23(31-26-28-16-29-33(24)26)30-21-8-10-32(11-9-21)15-20-6-4-5-7-22(20)27/h4-7,12-14,16,21H,8-11,15H2,1-3H3,(H,28,29,30,31). The monoisotopic (exact) mass is 460 g/mol. The van der Waals surface area contributed by atoms with Crippen LogP contribution in [-0.4, -0.2) is 43.6 Å². The number of hydrogen-bond acceptors (Lipinski definition) is 6. The summed E-state index contributed by atoms with van der Waals surface area (Å²) in [6.07, 6.45) is 3.37. The maximum atomic E-state index is 14.0. The number of nitrogens with zero attached hydrogens (tertiary/aromatic N) is 5. The van der Waals surface area contributed by atoms with E-state index in [0.717, 1.165) is 48.4 Å². The number of nitrogens with one attached hydrogen (secondary N) is 1. The molecule has 0 spiro atoms. The van der Waals surface area contributed by atoms with Crippen LogP contribution in [0.5, 0.6) is 11.6 Å². The molecule has 2 aromatic carbocycles. The third-order valence-corrected chi connectivity index (χ3v) is 6.32. The smallest absolute Gasteiger partial charge is 0.257 e. The lowest BCUT2D eigenvalue weighted by atomic mass is 10.0. The molecule has 4 aromatic rings. The minimum absolute atomic E-state index is 0.139. The van der Waals surface area contributed by atoms with E-state index in [1.165, 1.54) is 18.0 Å². The van der Waals surface area contributed by atoms with Crippen LogP contribution in [0.4, 0.5) is 10.2 Å². The van der Waals surface area contributed by atoms with Gasteiger partial charge in [0.15, 0.2) is 0 Å². The molecule has 0 bridgehead atoms. The largest absolute Gasteiger partial charge is 0.438 e. The van der Waals surface area contributed by atoms with Gasteiger partial charge in [0, 0.05) is 37.3 Å². The molecule has 0 radical (unpaired) electrons. The predicted molar refractivity (Wildman–Crippen MR) is 130 cm³/mol. The van der Waals surface area contributed by atoms with Gasteiger partial charge in [0.2, 0.25) is 5.88 Å². The molecule has 0 saturated carbocycles. The number of halogens is 1. The Hall–Kier alpha value is -3.52. The van der Waals surface area contributed by atoms with Gasteiger partial charge in [-0.25, -0.2) is 4.39 Å². The van der Waals surface area contributed by atoms with E-state index in [1.807, 2.05) is 32.0 Å². The van der Waals surface area contributed by atoms with Crippen LogP contribution >= 0.6 is 0 Å². The first-order valence-electron chi connectivity index (χ1n) is 11.6. The minimum atomic E-state index is -0.139. The Bertz CT molecular complexity index is 1290. The molecule has 0 atom stereocenters. The summed E-state index contributed by atoms with van der Waals surface area (Å²) in [5.74, 6) is 2.45. The van der Waals surface area contributed by atoms with Crippen molar-refractivity contribution in [2.45, 2.75) is 46.2 Å². The van der Waals surface area contributed by atoms with Gasteiger partial charge in [-0.2, -0.15) is 19.6 Å². The van der Waals surface area contributed by atoms with Crippen LogP contribution in [-0.2, 0) is 6.54 Å². The molecule has 8 heteroatoms. The van der Waals surface area contributed by atoms with Crippen LogP contribution in [0.1, 0.15) is 35.1 Å². The number of aromatic nitrogens is 4. The van der Waals surface area contributed by atoms with E-state index in [-0.39, 0.29) is 11.9 Å². The van der Waals surface area contributed by atoms with E-state index in [1.54, 1.807) is 10.6 Å². The molecular formula is C26H29FN6O. The maximum Gasteiger partial charge on any atom is 0.257 e. The van der Waals surface area contributed by atoms with Crippen molar-refractivity contribution in [1.82, 2.24) is 24.5 Å². The van der Waals surface area contributed by atoms with E-state index in [4.69, 9.17) is 4.74 Å². The SMILES string of the molecule is Cc1cc(C)c(Oc2cc(NC3CCN(Cc4ccccc4F)CC3)nc3ncnn23)c(C)c1. The summed E-state index contributed by atoms with van der Waals surface area (Å²) in [7, 11) is 0. The quantitative estimate of drug-likeness (QED) is 0.434. The number of rotatable bonds is 6. The molecule has 1 fully saturated rings. The fourth-order valence-electron chi connectivity index (χ4n) is 4.68. The number of anilines is 1. The zero-order valence-electron chi connectivity index (χ0n) is 19.8. The van der Waals surface area contributed by atoms with Gasteiger partial charge in [-0.3, -0.25) is 4.90 Å². The Morgan fingerprint density at radius 1 is 1.06 bits per heavy atom. The second kappa shape index (κ2) is 9.38. The summed E-state index contributed by atoms with van der Waals surface area (Å²) in [4.78, 5) is 11.2. The van der Waals surface area contributed by atoms with Gasteiger partial charge < -0.3 is 10.1 Å². The summed E-state index contributed by atoms with van der Waals surface area (Å²) in [5.41, 5.74) is 4.08. The van der Waals surface area contributed by atoms with Crippen molar-refractivity contribution in [1.29, 1.82) is 0 Å². The number of piperidine rings is 1. The van der Waals surface area contributed by atoms with Crippen molar-refractivity contribution in [3.8, 4) is 11.6 Å². The molecule has 1 aliphatic rings. The van der Waals surface area contributed by atoms with Gasteiger partial charge in [0.1, 0.15) is 23.7 Å². The number of fused-ring (bicyclic) bond motifs is 1. The van der Waals surface area contributed by atoms with Crippen LogP contribution in [0.25, 0.3) is 5.78 Å². The van der Waals surface area contributed by atoms with Crippen LogP contribution < -0.4 is 10.1 Å². The number of ether oxygens (including phenoxy) is 1. The number of benzene rings is 2. The molecule has 0 unspecified atom stereocenters. The van der Waals surface area contributed by atoms with Gasteiger partial charge >= 0.3 is 0 Å². The van der Waals surface area contributed by atoms with Crippen molar-refractivity contribution in [2.24, 2.45) is 0 Å². The van der Waals surface area contributed by atoms with Gasteiger partial charge in [0.05, 0.1) is 0 Å². The van der Waals surface area contributed by atoms with E-state index < -0.39 is 0 Å². The van der Waals surface area contributed by atoms with Gasteiger partial charge in [-0.1, -0.05) is 35.9 Å². The van der Waals surface area contributed by atoms with E-state index in [0.29, 0.717) is 24.0 Å². The molecule has 176 valence electrons. The Kier molecular flexibility index (Phi) is 6.15. The van der Waals surface area contributed by atoms with E-state index in [2.05, 4.69) is 44.3 Å². The summed E-state index contributed by atoms with van der Waals surface area (Å²) < 4.78 is 21.9. The topological polar surface area (TPSA) is 67.6 Å². The molecule has 1 aliphatic heterocycles. The predicted octanol–water partition coefficient (Wildman–Crippen LogP) is 5.06. The minimum Gasteiger partial charge on any atom is -0.438 e. The highest BCUT2D eigenvalue weighted by molar-refractivity contribution is 5.50. The molecular weight excluding hydrogens is 431 g/mol. The second-order valence-corrected chi connectivity index (χ2v) is 9.07. The normalized spacial score (nSPS) is 15.1. The summed E-state index contributed by atoms with van der Waals surface area (Å²) in [5, 5.41) is 7.84. The van der Waals surface area contributed by atoms with Crippen LogP contribution in [0.15, 0.2) is 48.8 Å². The molecule has 5 rings (SSSR count). The number of aryl methyl sites for hydroxylation is 3. The molecule has 1 N–H and O–H groups in total. The Balaban J connectivity index is 1.29. The van der Waals surface area contributed by atoms with Gasteiger partial charge in [0.25, 0.3) is 5.78 Å². The van der Waals surface area contributed by atoms with Gasteiger partial charge in [-0.15, -0.1) is 0 Å². The molecule has 3 heterocycles. The number of likely N-dealkylation sites (tertiary alicyclic amines) is 1. The first kappa shape index (κ1) is 22.3. The van der Waals surface area contributed by atoms with Crippen LogP contribution in [0.2, 0.25) is 0 Å². The zero-order valence-corrected chi connectivity index (χ0v) is 19.8. The lowest BCUT2D eigenvalue weighted by Gasteiger charge is -2.32. The first-order valence-corrected chi connectivity index (χ1v) is 11.6.